The predicted octanol–water partition coefficient (Wildman–Crippen LogP) is 3.47. The summed E-state index contributed by atoms with van der Waals surface area (Å²) in [6.45, 7) is 11.2. The van der Waals surface area contributed by atoms with Crippen molar-refractivity contribution in [1.82, 2.24) is 14.8 Å². The Morgan fingerprint density at radius 1 is 1.31 bits per heavy atom. The fraction of sp³-hybridized carbons (Fsp3) is 0.650. The summed E-state index contributed by atoms with van der Waals surface area (Å²) >= 11 is 0. The Morgan fingerprint density at radius 2 is 1.96 bits per heavy atom. The molecule has 0 aromatic carbocycles. The highest BCUT2D eigenvalue weighted by molar-refractivity contribution is 5.80. The van der Waals surface area contributed by atoms with E-state index in [0.29, 0.717) is 19.6 Å². The van der Waals surface area contributed by atoms with Gasteiger partial charge in [0.25, 0.3) is 0 Å². The number of piperidine rings is 1. The number of rotatable bonds is 4. The van der Waals surface area contributed by atoms with Crippen LogP contribution < -0.4 is 0 Å². The Bertz CT molecular complexity index is 610. The van der Waals surface area contributed by atoms with Crippen LogP contribution in [-0.2, 0) is 16.1 Å². The first kappa shape index (κ1) is 20.2. The standard InChI is InChI=1S/C20H31N3O3/c1-15(2)23(13-16-8-10-21-11-9-16)18(24)17-7-6-12-22(14-17)19(25)26-20(3,4)5/h8-11,15,17H,6-7,12-14H2,1-5H3. The number of hydrogen-bond acceptors (Lipinski definition) is 4. The molecule has 0 saturated carbocycles. The number of ether oxygens (including phenoxy) is 1. The van der Waals surface area contributed by atoms with E-state index in [0.717, 1.165) is 18.4 Å². The number of nitrogens with zero attached hydrogens (tertiary/aromatic N) is 3. The first-order chi connectivity index (χ1) is 12.2. The minimum Gasteiger partial charge on any atom is -0.444 e. The maximum atomic E-state index is 13.1. The molecule has 2 heterocycles. The largest absolute Gasteiger partial charge is 0.444 e. The van der Waals surface area contributed by atoms with Gasteiger partial charge in [0, 0.05) is 38.1 Å². The highest BCUT2D eigenvalue weighted by Gasteiger charge is 2.33. The molecule has 1 saturated heterocycles. The number of aromatic nitrogens is 1. The average molecular weight is 361 g/mol. The van der Waals surface area contributed by atoms with Gasteiger partial charge in [0.2, 0.25) is 5.91 Å². The molecular formula is C20H31N3O3. The zero-order valence-corrected chi connectivity index (χ0v) is 16.6. The Balaban J connectivity index is 2.04. The van der Waals surface area contributed by atoms with Crippen LogP contribution in [0.2, 0.25) is 0 Å². The molecule has 0 spiro atoms. The summed E-state index contributed by atoms with van der Waals surface area (Å²) in [6, 6.07) is 3.94. The predicted molar refractivity (Wildman–Crippen MR) is 100 cm³/mol. The quantitative estimate of drug-likeness (QED) is 0.824. The van der Waals surface area contributed by atoms with Gasteiger partial charge in [-0.05, 0) is 65.2 Å². The SMILES string of the molecule is CC(C)N(Cc1ccncc1)C(=O)C1CCCN(C(=O)OC(C)(C)C)C1. The van der Waals surface area contributed by atoms with E-state index in [1.54, 1.807) is 17.3 Å². The first-order valence-electron chi connectivity index (χ1n) is 9.34. The van der Waals surface area contributed by atoms with Gasteiger partial charge in [-0.1, -0.05) is 0 Å². The molecule has 1 aliphatic heterocycles. The summed E-state index contributed by atoms with van der Waals surface area (Å²) in [4.78, 5) is 33.1. The molecule has 0 aliphatic carbocycles. The molecule has 1 atom stereocenters. The summed E-state index contributed by atoms with van der Waals surface area (Å²) in [5.41, 5.74) is 0.529. The second kappa shape index (κ2) is 8.52. The van der Waals surface area contributed by atoms with E-state index in [1.165, 1.54) is 0 Å². The monoisotopic (exact) mass is 361 g/mol. The fourth-order valence-corrected chi connectivity index (χ4v) is 3.11. The summed E-state index contributed by atoms with van der Waals surface area (Å²) in [7, 11) is 0. The molecule has 1 aromatic rings. The maximum Gasteiger partial charge on any atom is 0.410 e. The van der Waals surface area contributed by atoms with Crippen molar-refractivity contribution < 1.29 is 14.3 Å². The van der Waals surface area contributed by atoms with Gasteiger partial charge >= 0.3 is 6.09 Å². The van der Waals surface area contributed by atoms with Crippen molar-refractivity contribution in [2.75, 3.05) is 13.1 Å². The second-order valence-corrected chi connectivity index (χ2v) is 8.18. The minimum absolute atomic E-state index is 0.0903. The highest BCUT2D eigenvalue weighted by Crippen LogP contribution is 2.23. The van der Waals surface area contributed by atoms with Crippen LogP contribution in [0, 0.1) is 5.92 Å². The number of hydrogen-bond donors (Lipinski definition) is 0. The van der Waals surface area contributed by atoms with Crippen LogP contribution in [0.5, 0.6) is 0 Å². The van der Waals surface area contributed by atoms with Gasteiger partial charge in [0.1, 0.15) is 5.60 Å². The van der Waals surface area contributed by atoms with Crippen molar-refractivity contribution in [2.24, 2.45) is 5.92 Å². The minimum atomic E-state index is -0.528. The third-order valence-electron chi connectivity index (χ3n) is 4.43. The van der Waals surface area contributed by atoms with Crippen LogP contribution in [0.1, 0.15) is 53.0 Å². The molecule has 0 bridgehead atoms. The van der Waals surface area contributed by atoms with Gasteiger partial charge in [-0.3, -0.25) is 9.78 Å². The molecule has 2 rings (SSSR count). The van der Waals surface area contributed by atoms with Gasteiger partial charge in [0.05, 0.1) is 5.92 Å². The number of carbonyl (C=O) groups excluding carboxylic acids is 2. The summed E-state index contributed by atoms with van der Waals surface area (Å²) in [5, 5.41) is 0. The van der Waals surface area contributed by atoms with Gasteiger partial charge in [0.15, 0.2) is 0 Å². The zero-order valence-electron chi connectivity index (χ0n) is 16.6. The Morgan fingerprint density at radius 3 is 2.54 bits per heavy atom. The van der Waals surface area contributed by atoms with Crippen LogP contribution in [-0.4, -0.2) is 51.5 Å². The molecule has 26 heavy (non-hydrogen) atoms. The van der Waals surface area contributed by atoms with Crippen LogP contribution in [0.25, 0.3) is 0 Å². The Kier molecular flexibility index (Phi) is 6.62. The van der Waals surface area contributed by atoms with Crippen molar-refractivity contribution in [3.8, 4) is 0 Å². The number of carbonyl (C=O) groups is 2. The van der Waals surface area contributed by atoms with Crippen LogP contribution in [0.15, 0.2) is 24.5 Å². The molecule has 1 aliphatic rings. The van der Waals surface area contributed by atoms with Crippen molar-refractivity contribution in [1.29, 1.82) is 0 Å². The average Bonchev–Trinajstić information content (AvgIpc) is 2.58. The van der Waals surface area contributed by atoms with Crippen molar-refractivity contribution in [3.63, 3.8) is 0 Å². The van der Waals surface area contributed by atoms with Crippen LogP contribution >= 0.6 is 0 Å². The molecule has 1 fully saturated rings. The van der Waals surface area contributed by atoms with E-state index in [9.17, 15) is 9.59 Å². The molecule has 6 heteroatoms. The van der Waals surface area contributed by atoms with Gasteiger partial charge in [-0.15, -0.1) is 0 Å². The van der Waals surface area contributed by atoms with E-state index in [2.05, 4.69) is 4.98 Å². The highest BCUT2D eigenvalue weighted by atomic mass is 16.6. The summed E-state index contributed by atoms with van der Waals surface area (Å²) in [6.07, 6.45) is 4.76. The normalized spacial score (nSPS) is 17.9. The van der Waals surface area contributed by atoms with Crippen molar-refractivity contribution in [2.45, 2.75) is 65.6 Å². The maximum absolute atomic E-state index is 13.1. The summed E-state index contributed by atoms with van der Waals surface area (Å²) < 4.78 is 5.46. The zero-order chi connectivity index (χ0) is 19.3. The first-order valence-corrected chi connectivity index (χ1v) is 9.34. The van der Waals surface area contributed by atoms with Gasteiger partial charge in [-0.25, -0.2) is 4.79 Å². The molecular weight excluding hydrogens is 330 g/mol. The number of amides is 2. The van der Waals surface area contributed by atoms with E-state index < -0.39 is 5.60 Å². The fourth-order valence-electron chi connectivity index (χ4n) is 3.11. The van der Waals surface area contributed by atoms with Gasteiger partial charge < -0.3 is 14.5 Å². The third-order valence-corrected chi connectivity index (χ3v) is 4.43. The van der Waals surface area contributed by atoms with E-state index in [-0.39, 0.29) is 24.0 Å². The summed E-state index contributed by atoms with van der Waals surface area (Å²) in [5.74, 6) is -0.0782. The van der Waals surface area contributed by atoms with E-state index in [4.69, 9.17) is 4.74 Å². The third kappa shape index (κ3) is 5.71. The molecule has 2 amide bonds. The van der Waals surface area contributed by atoms with Crippen LogP contribution in [0.3, 0.4) is 0 Å². The Labute approximate surface area is 156 Å². The lowest BCUT2D eigenvalue weighted by molar-refractivity contribution is -0.139. The molecule has 0 N–H and O–H groups in total. The Hall–Kier alpha value is -2.11. The molecule has 1 aromatic heterocycles. The second-order valence-electron chi connectivity index (χ2n) is 8.18. The smallest absolute Gasteiger partial charge is 0.410 e. The van der Waals surface area contributed by atoms with Crippen LogP contribution in [0.4, 0.5) is 4.79 Å². The molecule has 1 unspecified atom stereocenters. The number of pyridine rings is 1. The molecule has 0 radical (unpaired) electrons. The molecule has 144 valence electrons. The van der Waals surface area contributed by atoms with E-state index >= 15 is 0 Å². The van der Waals surface area contributed by atoms with Crippen molar-refractivity contribution >= 4 is 12.0 Å². The molecule has 6 nitrogen and oxygen atoms in total. The lowest BCUT2D eigenvalue weighted by Gasteiger charge is -2.37. The van der Waals surface area contributed by atoms with Crippen molar-refractivity contribution in [3.05, 3.63) is 30.1 Å². The lowest BCUT2D eigenvalue weighted by Crippen LogP contribution is -2.49. The van der Waals surface area contributed by atoms with Gasteiger partial charge in [-0.2, -0.15) is 0 Å². The van der Waals surface area contributed by atoms with E-state index in [1.807, 2.05) is 51.7 Å². The topological polar surface area (TPSA) is 62.7 Å². The lowest BCUT2D eigenvalue weighted by atomic mass is 9.96. The number of likely N-dealkylation sites (tertiary alicyclic amines) is 1.